The molecule has 1 amide bonds. The van der Waals surface area contributed by atoms with Gasteiger partial charge in [0.05, 0.1) is 11.2 Å². The predicted octanol–water partition coefficient (Wildman–Crippen LogP) is 3.64. The molecule has 1 N–H and O–H groups in total. The van der Waals surface area contributed by atoms with Crippen molar-refractivity contribution in [2.24, 2.45) is 0 Å². The lowest BCUT2D eigenvalue weighted by atomic mass is 10.3. The van der Waals surface area contributed by atoms with E-state index >= 15 is 0 Å². The van der Waals surface area contributed by atoms with Gasteiger partial charge in [0.25, 0.3) is 5.91 Å². The van der Waals surface area contributed by atoms with Crippen molar-refractivity contribution in [1.29, 1.82) is 0 Å². The topological polar surface area (TPSA) is 85.6 Å². The maximum Gasteiger partial charge on any atom is 0.257 e. The summed E-state index contributed by atoms with van der Waals surface area (Å²) in [7, 11) is -3.81. The maximum absolute atomic E-state index is 13.0. The van der Waals surface area contributed by atoms with Crippen LogP contribution in [-0.4, -0.2) is 27.5 Å². The van der Waals surface area contributed by atoms with E-state index in [9.17, 15) is 13.2 Å². The van der Waals surface area contributed by atoms with E-state index in [0.717, 1.165) is 0 Å². The molecule has 0 unspecified atom stereocenters. The number of ether oxygens (including phenoxy) is 1. The number of carbonyl (C=O) groups excluding carboxylic acids is 1. The minimum Gasteiger partial charge on any atom is -0.484 e. The van der Waals surface area contributed by atoms with Crippen LogP contribution in [0.5, 0.6) is 5.75 Å². The van der Waals surface area contributed by atoms with Crippen molar-refractivity contribution in [3.63, 3.8) is 0 Å². The number of hydrogen-bond acceptors (Lipinski definition) is 5. The van der Waals surface area contributed by atoms with Gasteiger partial charge in [-0.3, -0.25) is 4.79 Å². The van der Waals surface area contributed by atoms with Gasteiger partial charge in [-0.2, -0.15) is 0 Å². The van der Waals surface area contributed by atoms with Crippen molar-refractivity contribution < 1.29 is 22.4 Å². The molecule has 6 nitrogen and oxygen atoms in total. The van der Waals surface area contributed by atoms with Crippen LogP contribution in [0.1, 0.15) is 11.0 Å². The highest BCUT2D eigenvalue weighted by atomic mass is 35.5. The molecule has 0 radical (unpaired) electrons. The van der Waals surface area contributed by atoms with Gasteiger partial charge in [0.1, 0.15) is 16.8 Å². The third-order valence-corrected chi connectivity index (χ3v) is 6.30. The third-order valence-electron chi connectivity index (χ3n) is 3.98. The Morgan fingerprint density at radius 1 is 1.04 bits per heavy atom. The van der Waals surface area contributed by atoms with E-state index in [1.807, 2.05) is 6.07 Å². The largest absolute Gasteiger partial charge is 0.484 e. The maximum atomic E-state index is 13.0. The van der Waals surface area contributed by atoms with E-state index in [0.29, 0.717) is 10.8 Å². The zero-order valence-electron chi connectivity index (χ0n) is 14.7. The van der Waals surface area contributed by atoms with Crippen molar-refractivity contribution in [2.75, 3.05) is 13.2 Å². The molecule has 8 heteroatoms. The molecule has 0 bridgehead atoms. The van der Waals surface area contributed by atoms with Gasteiger partial charge in [-0.25, -0.2) is 8.42 Å². The molecule has 1 heterocycles. The summed E-state index contributed by atoms with van der Waals surface area (Å²) >= 11 is 5.84. The quantitative estimate of drug-likeness (QED) is 0.602. The first-order chi connectivity index (χ1) is 13.5. The number of para-hydroxylation sites is 1. The lowest BCUT2D eigenvalue weighted by Gasteiger charge is -2.17. The Labute approximate surface area is 168 Å². The average Bonchev–Trinajstić information content (AvgIpc) is 3.22. The van der Waals surface area contributed by atoms with Crippen LogP contribution in [0, 0.1) is 0 Å². The summed E-state index contributed by atoms with van der Waals surface area (Å²) in [4.78, 5) is 12.2. The summed E-state index contributed by atoms with van der Waals surface area (Å²) in [5, 5.41) is 1.95. The summed E-state index contributed by atoms with van der Waals surface area (Å²) < 4.78 is 36.8. The number of halogens is 1. The van der Waals surface area contributed by atoms with Gasteiger partial charge in [0.15, 0.2) is 16.4 Å². The molecule has 3 rings (SSSR count). The van der Waals surface area contributed by atoms with Gasteiger partial charge < -0.3 is 14.5 Å². The Morgan fingerprint density at radius 2 is 1.75 bits per heavy atom. The highest BCUT2D eigenvalue weighted by Crippen LogP contribution is 2.29. The molecule has 1 aromatic heterocycles. The first-order valence-electron chi connectivity index (χ1n) is 8.44. The number of nitrogens with one attached hydrogen (secondary N) is 1. The molecule has 0 aliphatic rings. The van der Waals surface area contributed by atoms with Crippen molar-refractivity contribution in [3.8, 4) is 5.75 Å². The van der Waals surface area contributed by atoms with E-state index < -0.39 is 21.0 Å². The van der Waals surface area contributed by atoms with E-state index in [1.54, 1.807) is 36.4 Å². The van der Waals surface area contributed by atoms with Gasteiger partial charge in [-0.1, -0.05) is 29.8 Å². The molecule has 0 saturated carbocycles. The zero-order valence-corrected chi connectivity index (χ0v) is 16.3. The van der Waals surface area contributed by atoms with Crippen LogP contribution in [0.15, 0.2) is 82.3 Å². The second kappa shape index (κ2) is 8.95. The first kappa shape index (κ1) is 20.0. The Hall–Kier alpha value is -2.77. The number of sulfone groups is 1. The van der Waals surface area contributed by atoms with Crippen molar-refractivity contribution >= 4 is 27.3 Å². The minimum atomic E-state index is -3.81. The number of rotatable bonds is 8. The van der Waals surface area contributed by atoms with Crippen LogP contribution >= 0.6 is 11.6 Å². The summed E-state index contributed by atoms with van der Waals surface area (Å²) in [6, 6.07) is 17.9. The first-order valence-corrected chi connectivity index (χ1v) is 10.4. The molecule has 3 aromatic rings. The number of furan rings is 1. The van der Waals surface area contributed by atoms with Crippen LogP contribution in [0.3, 0.4) is 0 Å². The second-order valence-electron chi connectivity index (χ2n) is 5.91. The molecule has 0 fully saturated rings. The van der Waals surface area contributed by atoms with Gasteiger partial charge in [-0.05, 0) is 48.5 Å². The van der Waals surface area contributed by atoms with E-state index in [-0.39, 0.29) is 23.8 Å². The van der Waals surface area contributed by atoms with Crippen LogP contribution < -0.4 is 10.1 Å². The average molecular weight is 420 g/mol. The third kappa shape index (κ3) is 4.94. The van der Waals surface area contributed by atoms with Gasteiger partial charge >= 0.3 is 0 Å². The van der Waals surface area contributed by atoms with Gasteiger partial charge in [-0.15, -0.1) is 0 Å². The predicted molar refractivity (Wildman–Crippen MR) is 105 cm³/mol. The molecule has 0 saturated heterocycles. The number of benzene rings is 2. The van der Waals surface area contributed by atoms with Crippen molar-refractivity contribution in [1.82, 2.24) is 5.32 Å². The second-order valence-corrected chi connectivity index (χ2v) is 8.48. The number of carbonyl (C=O) groups is 1. The normalized spacial score (nSPS) is 12.3. The molecule has 28 heavy (non-hydrogen) atoms. The van der Waals surface area contributed by atoms with Gasteiger partial charge in [0.2, 0.25) is 0 Å². The fourth-order valence-corrected chi connectivity index (χ4v) is 4.26. The van der Waals surface area contributed by atoms with Crippen molar-refractivity contribution in [2.45, 2.75) is 10.1 Å². The summed E-state index contributed by atoms with van der Waals surface area (Å²) in [6.45, 7) is -0.384. The lowest BCUT2D eigenvalue weighted by Crippen LogP contribution is -2.34. The Balaban J connectivity index is 1.71. The number of hydrogen-bond donors (Lipinski definition) is 1. The van der Waals surface area contributed by atoms with Crippen LogP contribution in [0.2, 0.25) is 5.02 Å². The highest BCUT2D eigenvalue weighted by Gasteiger charge is 2.31. The summed E-state index contributed by atoms with van der Waals surface area (Å²) in [6.07, 6.45) is 1.39. The highest BCUT2D eigenvalue weighted by molar-refractivity contribution is 7.91. The summed E-state index contributed by atoms with van der Waals surface area (Å²) in [5.74, 6) is 0.347. The molecule has 146 valence electrons. The Bertz CT molecular complexity index is 1000. The molecule has 0 aliphatic carbocycles. The zero-order chi connectivity index (χ0) is 20.0. The van der Waals surface area contributed by atoms with E-state index in [4.69, 9.17) is 20.8 Å². The lowest BCUT2D eigenvalue weighted by molar-refractivity contribution is -0.123. The van der Waals surface area contributed by atoms with Gasteiger partial charge in [0, 0.05) is 11.6 Å². The van der Waals surface area contributed by atoms with Crippen LogP contribution in [-0.2, 0) is 14.6 Å². The van der Waals surface area contributed by atoms with Crippen LogP contribution in [0.25, 0.3) is 0 Å². The van der Waals surface area contributed by atoms with Crippen LogP contribution in [0.4, 0.5) is 0 Å². The molecule has 0 aliphatic heterocycles. The fourth-order valence-electron chi connectivity index (χ4n) is 2.55. The number of amides is 1. The van der Waals surface area contributed by atoms with E-state index in [1.165, 1.54) is 30.5 Å². The smallest absolute Gasteiger partial charge is 0.257 e. The summed E-state index contributed by atoms with van der Waals surface area (Å²) in [5.41, 5.74) is 0. The fraction of sp³-hybridized carbons (Fsp3) is 0.150. The van der Waals surface area contributed by atoms with Crippen molar-refractivity contribution in [3.05, 3.63) is 83.8 Å². The SMILES string of the molecule is O=C(COc1ccccc1)NC[C@@H](c1ccco1)S(=O)(=O)c1ccc(Cl)cc1. The Morgan fingerprint density at radius 3 is 2.39 bits per heavy atom. The molecule has 2 aromatic carbocycles. The standard InChI is InChI=1S/C20H18ClNO5S/c21-15-8-10-17(11-9-15)28(24,25)19(18-7-4-12-26-18)13-22-20(23)14-27-16-5-2-1-3-6-16/h1-12,19H,13-14H2,(H,22,23)/t19-/m0/s1. The molecule has 0 spiro atoms. The monoisotopic (exact) mass is 419 g/mol. The minimum absolute atomic E-state index is 0.0908. The molecular weight excluding hydrogens is 402 g/mol. The molecular formula is C20H18ClNO5S. The Kier molecular flexibility index (Phi) is 6.38. The van der Waals surface area contributed by atoms with E-state index in [2.05, 4.69) is 5.32 Å². The molecule has 1 atom stereocenters.